The van der Waals surface area contributed by atoms with Gasteiger partial charge in [-0.1, -0.05) is 0 Å². The summed E-state index contributed by atoms with van der Waals surface area (Å²) in [6.07, 6.45) is 3.43. The molecule has 1 aromatic heterocycles. The van der Waals surface area contributed by atoms with Crippen LogP contribution in [-0.4, -0.2) is 47.2 Å². The van der Waals surface area contributed by atoms with Crippen molar-refractivity contribution in [2.75, 3.05) is 25.5 Å². The number of fused-ring (bicyclic) bond motifs is 1. The van der Waals surface area contributed by atoms with E-state index < -0.39 is 0 Å². The van der Waals surface area contributed by atoms with E-state index in [4.69, 9.17) is 11.6 Å². The van der Waals surface area contributed by atoms with E-state index in [0.29, 0.717) is 31.9 Å². The number of likely N-dealkylation sites (tertiary alicyclic amines) is 1. The number of aromatic amines is 1. The number of hydrogen-bond donors (Lipinski definition) is 2. The van der Waals surface area contributed by atoms with Gasteiger partial charge >= 0.3 is 0 Å². The predicted octanol–water partition coefficient (Wildman–Crippen LogP) is 2.44. The largest absolute Gasteiger partial charge is 0.361 e. The second-order valence-electron chi connectivity index (χ2n) is 6.33. The number of aromatic nitrogens is 1. The summed E-state index contributed by atoms with van der Waals surface area (Å²) in [7, 11) is 0. The molecule has 2 heterocycles. The van der Waals surface area contributed by atoms with Crippen molar-refractivity contribution in [2.24, 2.45) is 5.92 Å². The zero-order valence-corrected chi connectivity index (χ0v) is 14.6. The molecular formula is C18H21ClFN3O2. The van der Waals surface area contributed by atoms with Crippen molar-refractivity contribution in [3.8, 4) is 0 Å². The Balaban J connectivity index is 1.57. The summed E-state index contributed by atoms with van der Waals surface area (Å²) in [5.74, 6) is -0.178. The normalized spacial score (nSPS) is 17.4. The number of nitrogens with one attached hydrogen (secondary N) is 2. The molecule has 0 spiro atoms. The van der Waals surface area contributed by atoms with E-state index in [1.165, 1.54) is 12.1 Å². The van der Waals surface area contributed by atoms with Crippen LogP contribution in [0.3, 0.4) is 0 Å². The molecule has 5 nitrogen and oxygen atoms in total. The van der Waals surface area contributed by atoms with Crippen molar-refractivity contribution in [1.82, 2.24) is 15.2 Å². The summed E-state index contributed by atoms with van der Waals surface area (Å²) in [5.41, 5.74) is 1.85. The number of nitrogens with zero attached hydrogens (tertiary/aromatic N) is 1. The van der Waals surface area contributed by atoms with Gasteiger partial charge in [-0.25, -0.2) is 4.39 Å². The molecule has 0 radical (unpaired) electrons. The second kappa shape index (κ2) is 7.87. The van der Waals surface area contributed by atoms with E-state index in [1.807, 2.05) is 6.20 Å². The Morgan fingerprint density at radius 1 is 1.44 bits per heavy atom. The highest BCUT2D eigenvalue weighted by molar-refractivity contribution is 6.17. The first-order valence-electron chi connectivity index (χ1n) is 8.45. The smallest absolute Gasteiger partial charge is 0.225 e. The van der Waals surface area contributed by atoms with E-state index in [0.717, 1.165) is 22.9 Å². The van der Waals surface area contributed by atoms with Crippen LogP contribution >= 0.6 is 11.6 Å². The lowest BCUT2D eigenvalue weighted by molar-refractivity contribution is -0.129. The van der Waals surface area contributed by atoms with E-state index in [1.54, 1.807) is 11.0 Å². The average Bonchev–Trinajstić information content (AvgIpc) is 3.16. The van der Waals surface area contributed by atoms with E-state index in [2.05, 4.69) is 10.3 Å². The van der Waals surface area contributed by atoms with Crippen LogP contribution in [-0.2, 0) is 16.0 Å². The van der Waals surface area contributed by atoms with Crippen LogP contribution in [0.5, 0.6) is 0 Å². The Kier molecular flexibility index (Phi) is 5.58. The lowest BCUT2D eigenvalue weighted by Gasteiger charge is -2.16. The molecule has 3 rings (SSSR count). The summed E-state index contributed by atoms with van der Waals surface area (Å²) in [5, 5.41) is 3.65. The van der Waals surface area contributed by atoms with Gasteiger partial charge in [0, 0.05) is 49.0 Å². The van der Waals surface area contributed by atoms with Gasteiger partial charge in [0.25, 0.3) is 0 Å². The molecule has 1 saturated heterocycles. The Morgan fingerprint density at radius 2 is 2.28 bits per heavy atom. The average molecular weight is 366 g/mol. The standard InChI is InChI=1S/C18H21ClFN3O2/c19-5-1-6-21-18(25)13-8-17(24)23(11-13)7-4-12-10-22-16-3-2-14(20)9-15(12)16/h2-3,9-10,13,22H,1,4-8,11H2,(H,21,25). The topological polar surface area (TPSA) is 65.2 Å². The highest BCUT2D eigenvalue weighted by atomic mass is 35.5. The number of carbonyl (C=O) groups is 2. The van der Waals surface area contributed by atoms with Crippen LogP contribution in [0.25, 0.3) is 10.9 Å². The number of carbonyl (C=O) groups excluding carboxylic acids is 2. The van der Waals surface area contributed by atoms with Gasteiger partial charge in [-0.15, -0.1) is 11.6 Å². The third kappa shape index (κ3) is 4.12. The van der Waals surface area contributed by atoms with Gasteiger partial charge in [0.2, 0.25) is 11.8 Å². The maximum atomic E-state index is 13.4. The molecule has 0 saturated carbocycles. The van der Waals surface area contributed by atoms with Crippen molar-refractivity contribution in [3.63, 3.8) is 0 Å². The fraction of sp³-hybridized carbons (Fsp3) is 0.444. The van der Waals surface area contributed by atoms with Crippen LogP contribution in [0, 0.1) is 11.7 Å². The van der Waals surface area contributed by atoms with Crippen LogP contribution in [0.15, 0.2) is 24.4 Å². The third-order valence-corrected chi connectivity index (χ3v) is 4.84. The Hall–Kier alpha value is -2.08. The molecule has 7 heteroatoms. The van der Waals surface area contributed by atoms with Crippen molar-refractivity contribution in [2.45, 2.75) is 19.3 Å². The molecule has 1 aromatic carbocycles. The van der Waals surface area contributed by atoms with Crippen LogP contribution < -0.4 is 5.32 Å². The maximum Gasteiger partial charge on any atom is 0.225 e. The van der Waals surface area contributed by atoms with Gasteiger partial charge in [-0.05, 0) is 36.6 Å². The van der Waals surface area contributed by atoms with Crippen molar-refractivity contribution in [1.29, 1.82) is 0 Å². The number of benzene rings is 1. The van der Waals surface area contributed by atoms with Crippen LogP contribution in [0.2, 0.25) is 0 Å². The minimum atomic E-state index is -0.303. The van der Waals surface area contributed by atoms with Gasteiger partial charge in [-0.3, -0.25) is 9.59 Å². The van der Waals surface area contributed by atoms with Gasteiger partial charge in [0.1, 0.15) is 5.82 Å². The Morgan fingerprint density at radius 3 is 3.08 bits per heavy atom. The molecule has 1 atom stereocenters. The molecule has 1 aliphatic heterocycles. The van der Waals surface area contributed by atoms with E-state index >= 15 is 0 Å². The molecule has 134 valence electrons. The van der Waals surface area contributed by atoms with Gasteiger partial charge < -0.3 is 15.2 Å². The molecule has 1 unspecified atom stereocenters. The first-order valence-corrected chi connectivity index (χ1v) is 8.99. The number of alkyl halides is 1. The fourth-order valence-corrected chi connectivity index (χ4v) is 3.33. The third-order valence-electron chi connectivity index (χ3n) is 4.58. The molecule has 2 N–H and O–H groups in total. The molecule has 2 aromatic rings. The SMILES string of the molecule is O=C(NCCCCl)C1CC(=O)N(CCc2c[nH]c3ccc(F)cc23)C1. The van der Waals surface area contributed by atoms with E-state index in [9.17, 15) is 14.0 Å². The molecule has 25 heavy (non-hydrogen) atoms. The number of H-pyrrole nitrogens is 1. The summed E-state index contributed by atoms with van der Waals surface area (Å²) in [6.45, 7) is 1.49. The van der Waals surface area contributed by atoms with Crippen molar-refractivity contribution in [3.05, 3.63) is 35.8 Å². The van der Waals surface area contributed by atoms with Gasteiger partial charge in [0.05, 0.1) is 5.92 Å². The number of hydrogen-bond acceptors (Lipinski definition) is 2. The molecule has 1 aliphatic rings. The lowest BCUT2D eigenvalue weighted by Crippen LogP contribution is -2.34. The monoisotopic (exact) mass is 365 g/mol. The number of halogens is 2. The summed E-state index contributed by atoms with van der Waals surface area (Å²) in [6, 6.07) is 4.62. The second-order valence-corrected chi connectivity index (χ2v) is 6.71. The zero-order chi connectivity index (χ0) is 17.8. The summed E-state index contributed by atoms with van der Waals surface area (Å²) >= 11 is 5.59. The first-order chi connectivity index (χ1) is 12.1. The molecule has 0 aliphatic carbocycles. The molecule has 2 amide bonds. The van der Waals surface area contributed by atoms with E-state index in [-0.39, 0.29) is 30.0 Å². The fourth-order valence-electron chi connectivity index (χ4n) is 3.20. The van der Waals surface area contributed by atoms with Gasteiger partial charge in [0.15, 0.2) is 0 Å². The highest BCUT2D eigenvalue weighted by Crippen LogP contribution is 2.22. The minimum absolute atomic E-state index is 0.0106. The number of rotatable bonds is 7. The molecule has 0 bridgehead atoms. The Labute approximate surface area is 150 Å². The van der Waals surface area contributed by atoms with Crippen molar-refractivity contribution >= 4 is 34.3 Å². The number of amides is 2. The van der Waals surface area contributed by atoms with Gasteiger partial charge in [-0.2, -0.15) is 0 Å². The van der Waals surface area contributed by atoms with Crippen LogP contribution in [0.4, 0.5) is 4.39 Å². The zero-order valence-electron chi connectivity index (χ0n) is 13.9. The lowest BCUT2D eigenvalue weighted by atomic mass is 10.1. The molecule has 1 fully saturated rings. The minimum Gasteiger partial charge on any atom is -0.361 e. The summed E-state index contributed by atoms with van der Waals surface area (Å²) in [4.78, 5) is 29.1. The van der Waals surface area contributed by atoms with Crippen LogP contribution in [0.1, 0.15) is 18.4 Å². The first kappa shape index (κ1) is 17.7. The highest BCUT2D eigenvalue weighted by Gasteiger charge is 2.33. The van der Waals surface area contributed by atoms with Crippen molar-refractivity contribution < 1.29 is 14.0 Å². The molecular weight excluding hydrogens is 345 g/mol. The summed E-state index contributed by atoms with van der Waals surface area (Å²) < 4.78 is 13.4. The predicted molar refractivity (Wildman–Crippen MR) is 95.0 cm³/mol. The Bertz CT molecular complexity index is 777. The quantitative estimate of drug-likeness (QED) is 0.584. The maximum absolute atomic E-state index is 13.4.